The first-order valence-corrected chi connectivity index (χ1v) is 6.46. The minimum Gasteiger partial charge on any atom is -0.495 e. The van der Waals surface area contributed by atoms with Gasteiger partial charge in [0.25, 0.3) is 0 Å². The van der Waals surface area contributed by atoms with Crippen molar-refractivity contribution in [2.45, 2.75) is 13.1 Å². The number of anilines is 1. The van der Waals surface area contributed by atoms with E-state index in [-0.39, 0.29) is 5.82 Å². The Hall–Kier alpha value is -2.07. The molecular formula is C16H19FN2O. The van der Waals surface area contributed by atoms with E-state index < -0.39 is 0 Å². The zero-order chi connectivity index (χ0) is 14.5. The van der Waals surface area contributed by atoms with Crippen molar-refractivity contribution in [2.24, 2.45) is 5.73 Å². The van der Waals surface area contributed by atoms with Crippen molar-refractivity contribution in [1.82, 2.24) is 0 Å². The second-order valence-electron chi connectivity index (χ2n) is 4.70. The number of para-hydroxylation sites is 2. The molecule has 0 radical (unpaired) electrons. The van der Waals surface area contributed by atoms with Gasteiger partial charge in [-0.25, -0.2) is 4.39 Å². The fourth-order valence-corrected chi connectivity index (χ4v) is 2.23. The second-order valence-corrected chi connectivity index (χ2v) is 4.70. The molecule has 0 aliphatic heterocycles. The highest BCUT2D eigenvalue weighted by atomic mass is 19.1. The van der Waals surface area contributed by atoms with Gasteiger partial charge in [-0.15, -0.1) is 0 Å². The van der Waals surface area contributed by atoms with Crippen LogP contribution < -0.4 is 15.4 Å². The van der Waals surface area contributed by atoms with Crippen LogP contribution >= 0.6 is 0 Å². The lowest BCUT2D eigenvalue weighted by molar-refractivity contribution is 0.415. The van der Waals surface area contributed by atoms with Gasteiger partial charge in [0.05, 0.1) is 12.8 Å². The molecule has 0 aliphatic carbocycles. The van der Waals surface area contributed by atoms with Gasteiger partial charge in [0.2, 0.25) is 0 Å². The van der Waals surface area contributed by atoms with Crippen LogP contribution in [0, 0.1) is 5.82 Å². The van der Waals surface area contributed by atoms with Gasteiger partial charge in [-0.2, -0.15) is 0 Å². The minimum atomic E-state index is -0.253. The fourth-order valence-electron chi connectivity index (χ4n) is 2.23. The third-order valence-electron chi connectivity index (χ3n) is 3.17. The van der Waals surface area contributed by atoms with E-state index in [2.05, 4.69) is 0 Å². The van der Waals surface area contributed by atoms with E-state index in [9.17, 15) is 4.39 Å². The molecule has 0 saturated carbocycles. The van der Waals surface area contributed by atoms with E-state index in [0.717, 1.165) is 22.6 Å². The second kappa shape index (κ2) is 6.39. The highest BCUT2D eigenvalue weighted by Crippen LogP contribution is 2.27. The van der Waals surface area contributed by atoms with Gasteiger partial charge in [0.1, 0.15) is 11.6 Å². The molecule has 0 heterocycles. The Balaban J connectivity index is 2.23. The summed E-state index contributed by atoms with van der Waals surface area (Å²) in [7, 11) is 3.59. The van der Waals surface area contributed by atoms with E-state index in [4.69, 9.17) is 10.5 Å². The molecule has 0 spiro atoms. The number of nitrogens with zero attached hydrogens (tertiary/aromatic N) is 1. The smallest absolute Gasteiger partial charge is 0.142 e. The Morgan fingerprint density at radius 3 is 2.55 bits per heavy atom. The van der Waals surface area contributed by atoms with Crippen LogP contribution in [-0.2, 0) is 13.1 Å². The van der Waals surface area contributed by atoms with E-state index >= 15 is 0 Å². The Bertz CT molecular complexity index is 586. The van der Waals surface area contributed by atoms with E-state index in [1.54, 1.807) is 7.11 Å². The Morgan fingerprint density at radius 2 is 1.85 bits per heavy atom. The van der Waals surface area contributed by atoms with Crippen molar-refractivity contribution in [3.8, 4) is 5.75 Å². The van der Waals surface area contributed by atoms with Crippen molar-refractivity contribution in [2.75, 3.05) is 19.1 Å². The van der Waals surface area contributed by atoms with Crippen LogP contribution in [0.2, 0.25) is 0 Å². The number of hydrogen-bond acceptors (Lipinski definition) is 3. The first-order chi connectivity index (χ1) is 9.63. The van der Waals surface area contributed by atoms with Crippen LogP contribution in [0.5, 0.6) is 5.75 Å². The van der Waals surface area contributed by atoms with Crippen molar-refractivity contribution in [1.29, 1.82) is 0 Å². The van der Waals surface area contributed by atoms with Crippen molar-refractivity contribution >= 4 is 5.69 Å². The monoisotopic (exact) mass is 274 g/mol. The summed E-state index contributed by atoms with van der Waals surface area (Å²) in [6.45, 7) is 0.925. The largest absolute Gasteiger partial charge is 0.495 e. The summed E-state index contributed by atoms with van der Waals surface area (Å²) in [6, 6.07) is 12.7. The Morgan fingerprint density at radius 1 is 1.15 bits per heavy atom. The lowest BCUT2D eigenvalue weighted by Crippen LogP contribution is -2.17. The minimum absolute atomic E-state index is 0.253. The van der Waals surface area contributed by atoms with Crippen LogP contribution in [0.4, 0.5) is 10.1 Å². The molecule has 2 rings (SSSR count). The topological polar surface area (TPSA) is 38.5 Å². The first-order valence-electron chi connectivity index (χ1n) is 6.46. The molecule has 0 unspecified atom stereocenters. The van der Waals surface area contributed by atoms with Gasteiger partial charge in [-0.3, -0.25) is 0 Å². The maximum atomic E-state index is 13.5. The molecule has 3 nitrogen and oxygen atoms in total. The Labute approximate surface area is 118 Å². The summed E-state index contributed by atoms with van der Waals surface area (Å²) in [5, 5.41) is 0. The molecule has 2 aromatic carbocycles. The lowest BCUT2D eigenvalue weighted by atomic mass is 10.1. The standard InChI is InChI=1S/C16H19FN2O/c1-19(15-5-3-4-6-16(15)20-2)11-13-7-12(10-18)8-14(17)9-13/h3-9H,10-11,18H2,1-2H3. The van der Waals surface area contributed by atoms with Gasteiger partial charge >= 0.3 is 0 Å². The maximum Gasteiger partial charge on any atom is 0.142 e. The average molecular weight is 274 g/mol. The maximum absolute atomic E-state index is 13.5. The lowest BCUT2D eigenvalue weighted by Gasteiger charge is -2.22. The summed E-state index contributed by atoms with van der Waals surface area (Å²) >= 11 is 0. The van der Waals surface area contributed by atoms with Crippen LogP contribution in [0.1, 0.15) is 11.1 Å². The summed E-state index contributed by atoms with van der Waals surface area (Å²) in [4.78, 5) is 2.02. The van der Waals surface area contributed by atoms with Gasteiger partial charge in [0, 0.05) is 20.1 Å². The highest BCUT2D eigenvalue weighted by Gasteiger charge is 2.09. The number of hydrogen-bond donors (Lipinski definition) is 1. The van der Waals surface area contributed by atoms with Crippen LogP contribution in [0.3, 0.4) is 0 Å². The summed E-state index contributed by atoms with van der Waals surface area (Å²) in [6.07, 6.45) is 0. The molecule has 2 N–H and O–H groups in total. The molecule has 0 saturated heterocycles. The van der Waals surface area contributed by atoms with Crippen LogP contribution in [-0.4, -0.2) is 14.2 Å². The number of methoxy groups -OCH3 is 1. The van der Waals surface area contributed by atoms with Gasteiger partial charge < -0.3 is 15.4 Å². The van der Waals surface area contributed by atoms with Crippen molar-refractivity contribution in [3.63, 3.8) is 0 Å². The summed E-state index contributed by atoms with van der Waals surface area (Å²) in [5.74, 6) is 0.543. The number of benzene rings is 2. The van der Waals surface area contributed by atoms with Gasteiger partial charge in [-0.1, -0.05) is 18.2 Å². The SMILES string of the molecule is COc1ccccc1N(C)Cc1cc(F)cc(CN)c1. The molecular weight excluding hydrogens is 255 g/mol. The van der Waals surface area contributed by atoms with Crippen molar-refractivity contribution < 1.29 is 9.13 Å². The summed E-state index contributed by atoms with van der Waals surface area (Å²) < 4.78 is 18.9. The molecule has 0 aromatic heterocycles. The van der Waals surface area contributed by atoms with Crippen molar-refractivity contribution in [3.05, 3.63) is 59.4 Å². The third kappa shape index (κ3) is 3.27. The van der Waals surface area contributed by atoms with Gasteiger partial charge in [-0.05, 0) is 35.4 Å². The molecule has 2 aromatic rings. The van der Waals surface area contributed by atoms with Crippen LogP contribution in [0.15, 0.2) is 42.5 Å². The molecule has 20 heavy (non-hydrogen) atoms. The molecule has 0 amide bonds. The quantitative estimate of drug-likeness (QED) is 0.911. The van der Waals surface area contributed by atoms with E-state index in [1.807, 2.05) is 42.3 Å². The number of rotatable bonds is 5. The third-order valence-corrected chi connectivity index (χ3v) is 3.17. The molecule has 0 aliphatic rings. The fraction of sp³-hybridized carbons (Fsp3) is 0.250. The zero-order valence-corrected chi connectivity index (χ0v) is 11.8. The van der Waals surface area contributed by atoms with E-state index in [0.29, 0.717) is 13.1 Å². The molecule has 0 fully saturated rings. The molecule has 0 atom stereocenters. The number of halogens is 1. The highest BCUT2D eigenvalue weighted by molar-refractivity contribution is 5.58. The number of ether oxygens (including phenoxy) is 1. The predicted octanol–water partition coefficient (Wildman–Crippen LogP) is 2.93. The molecule has 0 bridgehead atoms. The average Bonchev–Trinajstić information content (AvgIpc) is 2.46. The van der Waals surface area contributed by atoms with E-state index in [1.165, 1.54) is 12.1 Å². The molecule has 106 valence electrons. The normalized spacial score (nSPS) is 10.4. The van der Waals surface area contributed by atoms with Crippen LogP contribution in [0.25, 0.3) is 0 Å². The molecule has 4 heteroatoms. The van der Waals surface area contributed by atoms with Gasteiger partial charge in [0.15, 0.2) is 0 Å². The Kier molecular flexibility index (Phi) is 4.58. The number of nitrogens with two attached hydrogens (primary N) is 1. The first kappa shape index (κ1) is 14.3. The summed E-state index contributed by atoms with van der Waals surface area (Å²) in [5.41, 5.74) is 8.23. The predicted molar refractivity (Wildman–Crippen MR) is 79.4 cm³/mol. The zero-order valence-electron chi connectivity index (χ0n) is 11.8.